The number of aromatic amines is 1. The Hall–Kier alpha value is -1.43. The lowest BCUT2D eigenvalue weighted by Crippen LogP contribution is -1.94. The summed E-state index contributed by atoms with van der Waals surface area (Å²) in [6.45, 7) is 2.04. The van der Waals surface area contributed by atoms with Crippen molar-refractivity contribution in [1.29, 1.82) is 0 Å². The van der Waals surface area contributed by atoms with E-state index in [-0.39, 0.29) is 0 Å². The molecule has 0 aliphatic carbocycles. The highest BCUT2D eigenvalue weighted by Crippen LogP contribution is 2.31. The number of anilines is 1. The number of H-pyrrole nitrogens is 1. The highest BCUT2D eigenvalue weighted by Gasteiger charge is 2.13. The monoisotopic (exact) mass is 223 g/mol. The van der Waals surface area contributed by atoms with E-state index in [0.29, 0.717) is 0 Å². The molecule has 0 saturated carbocycles. The van der Waals surface area contributed by atoms with Crippen LogP contribution in [-0.2, 0) is 13.5 Å². The first kappa shape index (κ1) is 10.1. The smallest absolute Gasteiger partial charge is 0.171 e. The number of hydrogen-bond donors (Lipinski definition) is 2. The van der Waals surface area contributed by atoms with Crippen molar-refractivity contribution in [2.45, 2.75) is 23.5 Å². The summed E-state index contributed by atoms with van der Waals surface area (Å²) in [5.74, 6) is 0. The highest BCUT2D eigenvalue weighted by molar-refractivity contribution is 7.99. The van der Waals surface area contributed by atoms with E-state index in [2.05, 4.69) is 15.1 Å². The Bertz CT molecular complexity index is 445. The molecule has 3 N–H and O–H groups in total. The zero-order valence-corrected chi connectivity index (χ0v) is 9.51. The zero-order chi connectivity index (χ0) is 10.8. The van der Waals surface area contributed by atoms with Gasteiger partial charge in [-0.1, -0.05) is 6.92 Å². The number of nitrogens with one attached hydrogen (secondary N) is 1. The Balaban J connectivity index is 2.32. The van der Waals surface area contributed by atoms with Gasteiger partial charge in [0, 0.05) is 19.4 Å². The van der Waals surface area contributed by atoms with Gasteiger partial charge in [0.1, 0.15) is 5.03 Å². The van der Waals surface area contributed by atoms with E-state index in [0.717, 1.165) is 28.0 Å². The second kappa shape index (κ2) is 3.98. The van der Waals surface area contributed by atoms with Crippen LogP contribution in [0.5, 0.6) is 0 Å². The van der Waals surface area contributed by atoms with Crippen LogP contribution in [0.4, 0.5) is 5.69 Å². The number of aromatic nitrogens is 4. The molecule has 0 saturated heterocycles. The predicted molar refractivity (Wildman–Crippen MR) is 59.7 cm³/mol. The topological polar surface area (TPSA) is 72.5 Å². The van der Waals surface area contributed by atoms with E-state index in [1.165, 1.54) is 11.8 Å². The number of rotatable bonds is 3. The Morgan fingerprint density at radius 1 is 1.60 bits per heavy atom. The number of aryl methyl sites for hydroxylation is 2. The maximum atomic E-state index is 5.99. The van der Waals surface area contributed by atoms with E-state index in [4.69, 9.17) is 5.73 Å². The molecule has 2 rings (SSSR count). The van der Waals surface area contributed by atoms with E-state index < -0.39 is 0 Å². The molecule has 2 aromatic rings. The standard InChI is InChI=1S/C9H13N5S/c1-3-6-7(10)8(14(2)13-6)15-9-11-4-5-12-9/h4-5H,3,10H2,1-2H3,(H,11,12). The molecule has 0 bridgehead atoms. The predicted octanol–water partition coefficient (Wildman–Crippen LogP) is 1.44. The fourth-order valence-electron chi connectivity index (χ4n) is 1.36. The number of hydrogen-bond acceptors (Lipinski definition) is 4. The second-order valence-corrected chi connectivity index (χ2v) is 4.12. The molecular formula is C9H13N5S. The molecule has 5 nitrogen and oxygen atoms in total. The van der Waals surface area contributed by atoms with Gasteiger partial charge in [0.05, 0.1) is 11.4 Å². The van der Waals surface area contributed by atoms with Crippen LogP contribution in [0.2, 0.25) is 0 Å². The molecule has 0 aromatic carbocycles. The fraction of sp³-hybridized carbons (Fsp3) is 0.333. The molecule has 0 atom stereocenters. The first-order valence-electron chi connectivity index (χ1n) is 4.71. The third-order valence-corrected chi connectivity index (χ3v) is 3.20. The third-order valence-electron chi connectivity index (χ3n) is 2.11. The summed E-state index contributed by atoms with van der Waals surface area (Å²) < 4.78 is 1.79. The Labute approximate surface area is 92.1 Å². The first-order valence-corrected chi connectivity index (χ1v) is 5.52. The Morgan fingerprint density at radius 2 is 2.40 bits per heavy atom. The van der Waals surface area contributed by atoms with Gasteiger partial charge >= 0.3 is 0 Å². The van der Waals surface area contributed by atoms with Gasteiger partial charge in [-0.15, -0.1) is 0 Å². The van der Waals surface area contributed by atoms with Crippen LogP contribution < -0.4 is 5.73 Å². The summed E-state index contributed by atoms with van der Waals surface area (Å²) in [5, 5.41) is 6.10. The third kappa shape index (κ3) is 1.85. The molecule has 15 heavy (non-hydrogen) atoms. The van der Waals surface area contributed by atoms with Crippen molar-refractivity contribution in [3.63, 3.8) is 0 Å². The fourth-order valence-corrected chi connectivity index (χ4v) is 2.18. The molecule has 0 aliphatic rings. The van der Waals surface area contributed by atoms with E-state index in [1.54, 1.807) is 17.1 Å². The van der Waals surface area contributed by atoms with E-state index in [1.807, 2.05) is 14.0 Å². The molecule has 0 fully saturated rings. The van der Waals surface area contributed by atoms with Crippen molar-refractivity contribution >= 4 is 17.4 Å². The van der Waals surface area contributed by atoms with Gasteiger partial charge in [0.2, 0.25) is 0 Å². The molecule has 0 unspecified atom stereocenters. The van der Waals surface area contributed by atoms with Gasteiger partial charge in [0.25, 0.3) is 0 Å². The summed E-state index contributed by atoms with van der Waals surface area (Å²) in [7, 11) is 1.89. The quantitative estimate of drug-likeness (QED) is 0.825. The van der Waals surface area contributed by atoms with Crippen LogP contribution in [0.15, 0.2) is 22.6 Å². The van der Waals surface area contributed by atoms with Gasteiger partial charge in [-0.05, 0) is 18.2 Å². The van der Waals surface area contributed by atoms with E-state index >= 15 is 0 Å². The SMILES string of the molecule is CCc1nn(C)c(Sc2ncc[nH]2)c1N. The minimum atomic E-state index is 0.751. The lowest BCUT2D eigenvalue weighted by Gasteiger charge is -1.99. The summed E-state index contributed by atoms with van der Waals surface area (Å²) in [4.78, 5) is 7.16. The van der Waals surface area contributed by atoms with Crippen LogP contribution in [0.25, 0.3) is 0 Å². The van der Waals surface area contributed by atoms with Gasteiger partial charge in [-0.25, -0.2) is 4.98 Å². The molecule has 0 radical (unpaired) electrons. The molecule has 0 spiro atoms. The molecule has 0 amide bonds. The highest BCUT2D eigenvalue weighted by atomic mass is 32.2. The van der Waals surface area contributed by atoms with Crippen LogP contribution >= 0.6 is 11.8 Å². The van der Waals surface area contributed by atoms with Crippen molar-refractivity contribution in [2.24, 2.45) is 7.05 Å². The minimum Gasteiger partial charge on any atom is -0.395 e. The maximum Gasteiger partial charge on any atom is 0.171 e. The van der Waals surface area contributed by atoms with Gasteiger partial charge < -0.3 is 10.7 Å². The largest absolute Gasteiger partial charge is 0.395 e. The minimum absolute atomic E-state index is 0.751. The molecule has 2 aromatic heterocycles. The summed E-state index contributed by atoms with van der Waals surface area (Å²) in [5.41, 5.74) is 7.67. The molecule has 6 heteroatoms. The molecule has 80 valence electrons. The van der Waals surface area contributed by atoms with Crippen LogP contribution in [-0.4, -0.2) is 19.7 Å². The lowest BCUT2D eigenvalue weighted by atomic mass is 10.3. The molecule has 0 aliphatic heterocycles. The molecular weight excluding hydrogens is 210 g/mol. The van der Waals surface area contributed by atoms with Crippen molar-refractivity contribution in [2.75, 3.05) is 5.73 Å². The van der Waals surface area contributed by atoms with Crippen molar-refractivity contribution in [3.8, 4) is 0 Å². The van der Waals surface area contributed by atoms with Crippen LogP contribution in [0, 0.1) is 0 Å². The average Bonchev–Trinajstić information content (AvgIpc) is 2.81. The van der Waals surface area contributed by atoms with Crippen molar-refractivity contribution in [1.82, 2.24) is 19.7 Å². The number of nitrogens with two attached hydrogens (primary N) is 1. The zero-order valence-electron chi connectivity index (χ0n) is 8.69. The Morgan fingerprint density at radius 3 is 2.93 bits per heavy atom. The normalized spacial score (nSPS) is 10.8. The van der Waals surface area contributed by atoms with E-state index in [9.17, 15) is 0 Å². The lowest BCUT2D eigenvalue weighted by molar-refractivity contribution is 0.686. The number of nitrogens with zero attached hydrogens (tertiary/aromatic N) is 3. The average molecular weight is 223 g/mol. The van der Waals surface area contributed by atoms with Gasteiger partial charge in [-0.2, -0.15) is 5.10 Å². The number of imidazole rings is 1. The number of nitrogen functional groups attached to an aromatic ring is 1. The summed E-state index contributed by atoms with van der Waals surface area (Å²) in [6, 6.07) is 0. The van der Waals surface area contributed by atoms with Crippen LogP contribution in [0.3, 0.4) is 0 Å². The molecule has 2 heterocycles. The Kier molecular flexibility index (Phi) is 2.68. The summed E-state index contributed by atoms with van der Waals surface area (Å²) >= 11 is 1.49. The maximum absolute atomic E-state index is 5.99. The van der Waals surface area contributed by atoms with Gasteiger partial charge in [-0.3, -0.25) is 4.68 Å². The summed E-state index contributed by atoms with van der Waals surface area (Å²) in [6.07, 6.45) is 4.35. The first-order chi connectivity index (χ1) is 7.22. The van der Waals surface area contributed by atoms with Crippen LogP contribution in [0.1, 0.15) is 12.6 Å². The second-order valence-electron chi connectivity index (χ2n) is 3.14. The van der Waals surface area contributed by atoms with Gasteiger partial charge in [0.15, 0.2) is 5.16 Å². The van der Waals surface area contributed by atoms with Crippen molar-refractivity contribution in [3.05, 3.63) is 18.1 Å². The van der Waals surface area contributed by atoms with Crippen molar-refractivity contribution < 1.29 is 0 Å².